The predicted octanol–water partition coefficient (Wildman–Crippen LogP) is 5.37. The first kappa shape index (κ1) is 19.2. The van der Waals surface area contributed by atoms with Crippen LogP contribution in [0.15, 0.2) is 36.4 Å². The number of carboxylic acid groups (broad SMARTS) is 1. The van der Waals surface area contributed by atoms with E-state index in [1.807, 2.05) is 31.2 Å². The van der Waals surface area contributed by atoms with Crippen LogP contribution < -0.4 is 9.47 Å². The van der Waals surface area contributed by atoms with Crippen LogP contribution in [0, 0.1) is 0 Å². The van der Waals surface area contributed by atoms with E-state index in [1.165, 1.54) is 18.4 Å². The van der Waals surface area contributed by atoms with E-state index in [0.717, 1.165) is 15.8 Å². The predicted molar refractivity (Wildman–Crippen MR) is 109 cm³/mol. The van der Waals surface area contributed by atoms with E-state index in [-0.39, 0.29) is 6.42 Å². The molecule has 0 fully saturated rings. The third-order valence-corrected chi connectivity index (χ3v) is 5.18. The molecule has 7 heteroatoms. The van der Waals surface area contributed by atoms with E-state index in [4.69, 9.17) is 21.1 Å². The summed E-state index contributed by atoms with van der Waals surface area (Å²) in [6.07, 6.45) is 1.63. The Kier molecular flexibility index (Phi) is 5.98. The molecular formula is C20H18ClNO4S. The van der Waals surface area contributed by atoms with Gasteiger partial charge in [-0.1, -0.05) is 23.7 Å². The molecule has 0 bridgehead atoms. The lowest BCUT2D eigenvalue weighted by atomic mass is 10.1. The van der Waals surface area contributed by atoms with Gasteiger partial charge in [0.2, 0.25) is 0 Å². The van der Waals surface area contributed by atoms with E-state index in [1.54, 1.807) is 18.2 Å². The summed E-state index contributed by atoms with van der Waals surface area (Å²) in [5.41, 5.74) is 2.16. The average Bonchev–Trinajstić information content (AvgIpc) is 3.07. The molecule has 0 unspecified atom stereocenters. The highest BCUT2D eigenvalue weighted by Gasteiger charge is 2.15. The lowest BCUT2D eigenvalue weighted by Gasteiger charge is -2.12. The highest BCUT2D eigenvalue weighted by Crippen LogP contribution is 2.38. The number of carboxylic acids is 1. The number of methoxy groups -OCH3 is 1. The maximum absolute atomic E-state index is 11.4. The molecule has 5 nitrogen and oxygen atoms in total. The monoisotopic (exact) mass is 403 g/mol. The molecule has 0 aliphatic heterocycles. The van der Waals surface area contributed by atoms with Gasteiger partial charge < -0.3 is 14.6 Å². The van der Waals surface area contributed by atoms with E-state index >= 15 is 0 Å². The van der Waals surface area contributed by atoms with Crippen LogP contribution in [0.1, 0.15) is 23.9 Å². The molecule has 0 amide bonds. The fraction of sp³-hybridized carbons (Fsp3) is 0.200. The second kappa shape index (κ2) is 8.41. The van der Waals surface area contributed by atoms with Gasteiger partial charge in [-0.05, 0) is 48.4 Å². The molecular weight excluding hydrogens is 386 g/mol. The van der Waals surface area contributed by atoms with E-state index in [9.17, 15) is 9.90 Å². The Bertz CT molecular complexity index is 979. The van der Waals surface area contributed by atoms with Gasteiger partial charge in [0.15, 0.2) is 11.5 Å². The molecule has 0 saturated carbocycles. The Morgan fingerprint density at radius 1 is 1.33 bits per heavy atom. The van der Waals surface area contributed by atoms with E-state index in [0.29, 0.717) is 33.7 Å². The molecule has 27 heavy (non-hydrogen) atoms. The molecule has 0 radical (unpaired) electrons. The number of benzene rings is 2. The van der Waals surface area contributed by atoms with Crippen molar-refractivity contribution in [3.8, 4) is 11.5 Å². The first-order valence-electron chi connectivity index (χ1n) is 8.30. The number of ether oxygens (including phenoxy) is 2. The number of nitrogens with zero attached hydrogens (tertiary/aromatic N) is 1. The van der Waals surface area contributed by atoms with Crippen LogP contribution in [0.2, 0.25) is 5.02 Å². The third-order valence-electron chi connectivity index (χ3n) is 3.79. The third kappa shape index (κ3) is 4.40. The summed E-state index contributed by atoms with van der Waals surface area (Å²) in [4.78, 5) is 16.0. The van der Waals surface area contributed by atoms with Crippen molar-refractivity contribution < 1.29 is 19.4 Å². The molecule has 2 aromatic carbocycles. The molecule has 1 aromatic heterocycles. The Morgan fingerprint density at radius 3 is 2.78 bits per heavy atom. The fourth-order valence-electron chi connectivity index (χ4n) is 2.67. The number of carbonyl (C=O) groups is 1. The highest BCUT2D eigenvalue weighted by molar-refractivity contribution is 7.19. The van der Waals surface area contributed by atoms with Gasteiger partial charge in [0.05, 0.1) is 35.4 Å². The van der Waals surface area contributed by atoms with Gasteiger partial charge >= 0.3 is 5.97 Å². The maximum atomic E-state index is 11.4. The van der Waals surface area contributed by atoms with Crippen LogP contribution in [-0.2, 0) is 4.79 Å². The molecule has 140 valence electrons. The van der Waals surface area contributed by atoms with Crippen molar-refractivity contribution in [2.75, 3.05) is 13.7 Å². The van der Waals surface area contributed by atoms with Gasteiger partial charge in [0.25, 0.3) is 0 Å². The van der Waals surface area contributed by atoms with E-state index < -0.39 is 5.97 Å². The normalized spacial score (nSPS) is 11.6. The van der Waals surface area contributed by atoms with Crippen molar-refractivity contribution in [1.82, 2.24) is 4.98 Å². The first-order chi connectivity index (χ1) is 13.0. The van der Waals surface area contributed by atoms with Gasteiger partial charge in [-0.25, -0.2) is 4.98 Å². The number of hydrogen-bond acceptors (Lipinski definition) is 5. The van der Waals surface area contributed by atoms with Crippen molar-refractivity contribution in [2.24, 2.45) is 0 Å². The zero-order valence-corrected chi connectivity index (χ0v) is 16.4. The van der Waals surface area contributed by atoms with Crippen LogP contribution in [-0.4, -0.2) is 29.8 Å². The van der Waals surface area contributed by atoms with E-state index in [2.05, 4.69) is 4.98 Å². The Morgan fingerprint density at radius 2 is 2.11 bits per heavy atom. The smallest absolute Gasteiger partial charge is 0.307 e. The zero-order chi connectivity index (χ0) is 19.4. The molecule has 0 aliphatic rings. The number of para-hydroxylation sites is 1. The van der Waals surface area contributed by atoms with Crippen molar-refractivity contribution in [3.05, 3.63) is 52.0 Å². The number of fused-ring (bicyclic) bond motifs is 1. The largest absolute Gasteiger partial charge is 0.493 e. The Hall–Kier alpha value is -2.57. The SMILES string of the molecule is CCOc1c(Cl)cc(C=C(CC(=O)O)c2nc3ccccc3s2)cc1OC. The second-order valence-electron chi connectivity index (χ2n) is 5.69. The number of aromatic nitrogens is 1. The van der Waals surface area contributed by atoms with Crippen LogP contribution in [0.4, 0.5) is 0 Å². The summed E-state index contributed by atoms with van der Waals surface area (Å²) in [6, 6.07) is 11.2. The van der Waals surface area contributed by atoms with Crippen LogP contribution in [0.5, 0.6) is 11.5 Å². The number of hydrogen-bond donors (Lipinski definition) is 1. The molecule has 3 aromatic rings. The summed E-state index contributed by atoms with van der Waals surface area (Å²) in [7, 11) is 1.54. The fourth-order valence-corrected chi connectivity index (χ4v) is 3.92. The minimum atomic E-state index is -0.926. The van der Waals surface area contributed by atoms with Gasteiger partial charge in [-0.15, -0.1) is 11.3 Å². The topological polar surface area (TPSA) is 68.7 Å². The number of thiazole rings is 1. The summed E-state index contributed by atoms with van der Waals surface area (Å²) in [5, 5.41) is 10.4. The van der Waals surface area contributed by atoms with Crippen LogP contribution in [0.25, 0.3) is 21.9 Å². The van der Waals surface area contributed by atoms with Crippen LogP contribution in [0.3, 0.4) is 0 Å². The van der Waals surface area contributed by atoms with Gasteiger partial charge in [0.1, 0.15) is 5.01 Å². The standard InChI is InChI=1S/C20H18ClNO4S/c1-3-26-19-14(21)9-12(10-16(19)25-2)8-13(11-18(23)24)20-22-15-6-4-5-7-17(15)27-20/h4-10H,3,11H2,1-2H3,(H,23,24). The molecule has 1 N–H and O–H groups in total. The minimum Gasteiger partial charge on any atom is -0.493 e. The quantitative estimate of drug-likeness (QED) is 0.574. The first-order valence-corrected chi connectivity index (χ1v) is 9.50. The Labute approximate surface area is 165 Å². The summed E-state index contributed by atoms with van der Waals surface area (Å²) in [6.45, 7) is 2.32. The van der Waals surface area contributed by atoms with Crippen molar-refractivity contribution in [2.45, 2.75) is 13.3 Å². The lowest BCUT2D eigenvalue weighted by Crippen LogP contribution is -1.98. The van der Waals surface area contributed by atoms with Gasteiger partial charge in [-0.3, -0.25) is 4.79 Å². The summed E-state index contributed by atoms with van der Waals surface area (Å²) >= 11 is 7.79. The minimum absolute atomic E-state index is 0.146. The number of halogens is 1. The number of aliphatic carboxylic acids is 1. The molecule has 1 heterocycles. The molecule has 0 aliphatic carbocycles. The molecule has 3 rings (SSSR count). The lowest BCUT2D eigenvalue weighted by molar-refractivity contribution is -0.135. The van der Waals surface area contributed by atoms with Crippen molar-refractivity contribution >= 4 is 50.8 Å². The number of rotatable bonds is 7. The summed E-state index contributed by atoms with van der Waals surface area (Å²) < 4.78 is 11.9. The van der Waals surface area contributed by atoms with Crippen molar-refractivity contribution in [1.29, 1.82) is 0 Å². The average molecular weight is 404 g/mol. The van der Waals surface area contributed by atoms with Gasteiger partial charge in [-0.2, -0.15) is 0 Å². The highest BCUT2D eigenvalue weighted by atomic mass is 35.5. The molecule has 0 atom stereocenters. The second-order valence-corrected chi connectivity index (χ2v) is 7.13. The van der Waals surface area contributed by atoms with Crippen molar-refractivity contribution in [3.63, 3.8) is 0 Å². The summed E-state index contributed by atoms with van der Waals surface area (Å²) in [5.74, 6) is 0.0395. The van der Waals surface area contributed by atoms with Gasteiger partial charge in [0, 0.05) is 0 Å². The molecule has 0 saturated heterocycles. The Balaban J connectivity index is 2.08. The molecule has 0 spiro atoms. The maximum Gasteiger partial charge on any atom is 0.307 e. The zero-order valence-electron chi connectivity index (χ0n) is 14.9. The van der Waals surface area contributed by atoms with Crippen LogP contribution >= 0.6 is 22.9 Å².